The lowest BCUT2D eigenvalue weighted by Crippen LogP contribution is -2.32. The zero-order chi connectivity index (χ0) is 44.7. The molecule has 6 aromatic rings. The molecule has 9 rings (SSSR count). The number of hydrogen-bond donors (Lipinski definition) is 3. The van der Waals surface area contributed by atoms with Gasteiger partial charge >= 0.3 is 6.18 Å². The summed E-state index contributed by atoms with van der Waals surface area (Å²) in [7, 11) is 0. The molecule has 5 unspecified atom stereocenters. The van der Waals surface area contributed by atoms with Crippen molar-refractivity contribution >= 4 is 15.9 Å². The molecule has 0 fully saturated rings. The number of H-pyrrole nitrogens is 3. The van der Waals surface area contributed by atoms with Crippen molar-refractivity contribution in [1.29, 1.82) is 5.26 Å². The Morgan fingerprint density at radius 1 is 0.905 bits per heavy atom. The first-order valence-electron chi connectivity index (χ1n) is 21.7. The van der Waals surface area contributed by atoms with E-state index >= 15 is 0 Å². The lowest BCUT2D eigenvalue weighted by atomic mass is 9.74. The van der Waals surface area contributed by atoms with E-state index in [-0.39, 0.29) is 12.2 Å². The number of rotatable bonds is 8. The van der Waals surface area contributed by atoms with Crippen molar-refractivity contribution in [3.05, 3.63) is 152 Å². The Bertz CT molecular complexity index is 2560. The number of fused-ring (bicyclic) bond motifs is 3. The van der Waals surface area contributed by atoms with Gasteiger partial charge in [0.05, 0.1) is 36.1 Å². The predicted octanol–water partition coefficient (Wildman–Crippen LogP) is 10.7. The highest BCUT2D eigenvalue weighted by Crippen LogP contribution is 2.46. The van der Waals surface area contributed by atoms with E-state index in [0.717, 1.165) is 66.7 Å². The van der Waals surface area contributed by atoms with Gasteiger partial charge in [0.2, 0.25) is 0 Å². The van der Waals surface area contributed by atoms with Crippen LogP contribution >= 0.6 is 15.9 Å². The van der Waals surface area contributed by atoms with Crippen LogP contribution in [0.4, 0.5) is 13.2 Å². The van der Waals surface area contributed by atoms with E-state index in [0.29, 0.717) is 58.9 Å². The van der Waals surface area contributed by atoms with Gasteiger partial charge in [0.25, 0.3) is 6.54 Å². The molecule has 3 N–H and O–H groups in total. The summed E-state index contributed by atoms with van der Waals surface area (Å²) in [6.45, 7) is 15.1. The molecule has 63 heavy (non-hydrogen) atoms. The lowest BCUT2D eigenvalue weighted by Gasteiger charge is -2.33. The van der Waals surface area contributed by atoms with E-state index in [9.17, 15) is 13.2 Å². The maximum absolute atomic E-state index is 13.7. The standard InChI is InChI=1S/C17H17F3N4.C16H20BrN3.C15H16N4/c1-10-16(24-9-23-10)15(17(18,19)20)11-3-4-12-7-22-14(8-21-2)6-13(12)5-11;1-3-12(16-10(2)19-9-20-16)14-7-11(17)8-15-13(14)5-4-6-18-15;1-10-14(18-9-17-10)7-12-4-2-3-11-5-6-13(8-16)19-15(11)12/h6-7,9,11,15H,3-5,8H2,1H3,(H,23,24);4-6,9,11-12,14H,3,7-8H2,1-2H3,(H,19,20);5-6,9,12H,2-4,7H2,1H3,(H,17,18)/t11?,15-;;/m1../s1. The molecule has 3 aliphatic carbocycles. The van der Waals surface area contributed by atoms with Gasteiger partial charge in [-0.05, 0) is 131 Å². The highest BCUT2D eigenvalue weighted by Gasteiger charge is 2.48. The average Bonchev–Trinajstić information content (AvgIpc) is 4.01. The maximum Gasteiger partial charge on any atom is 0.397 e. The Hall–Kier alpha value is -5.67. The van der Waals surface area contributed by atoms with Crippen molar-refractivity contribution in [2.45, 2.75) is 133 Å². The maximum atomic E-state index is 13.7. The van der Waals surface area contributed by atoms with E-state index in [4.69, 9.17) is 11.8 Å². The molecule has 15 heteroatoms. The molecule has 0 saturated heterocycles. The van der Waals surface area contributed by atoms with E-state index in [2.05, 4.69) is 104 Å². The third-order valence-electron chi connectivity index (χ3n) is 12.9. The van der Waals surface area contributed by atoms with E-state index < -0.39 is 18.0 Å². The second kappa shape index (κ2) is 20.2. The van der Waals surface area contributed by atoms with Gasteiger partial charge in [-0.2, -0.15) is 18.4 Å². The van der Waals surface area contributed by atoms with Crippen molar-refractivity contribution in [3.63, 3.8) is 0 Å². The summed E-state index contributed by atoms with van der Waals surface area (Å²) in [5, 5.41) is 9.00. The number of pyridine rings is 3. The summed E-state index contributed by atoms with van der Waals surface area (Å²) in [4.78, 5) is 39.1. The number of nitrogens with one attached hydrogen (secondary N) is 3. The summed E-state index contributed by atoms with van der Waals surface area (Å²) in [5.74, 6) is -0.774. The number of imidazole rings is 3. The Kier molecular flexibility index (Phi) is 14.6. The van der Waals surface area contributed by atoms with Crippen LogP contribution in [-0.4, -0.2) is 55.9 Å². The minimum Gasteiger partial charge on any atom is -0.348 e. The normalized spacial score (nSPS) is 19.9. The molecule has 0 aliphatic heterocycles. The summed E-state index contributed by atoms with van der Waals surface area (Å²) >= 11 is 3.81. The largest absolute Gasteiger partial charge is 0.397 e. The number of hydrogen-bond acceptors (Lipinski definition) is 7. The van der Waals surface area contributed by atoms with Gasteiger partial charge in [-0.3, -0.25) is 9.97 Å². The first kappa shape index (κ1) is 45.4. The molecule has 0 aromatic carbocycles. The van der Waals surface area contributed by atoms with Crippen LogP contribution in [0, 0.1) is 44.6 Å². The highest BCUT2D eigenvalue weighted by atomic mass is 79.9. The Morgan fingerprint density at radius 2 is 1.65 bits per heavy atom. The SMILES string of the molecule is CCC(c1nc[nH]c1C)C1CC(Br)Cc2ncccc21.Cc1[nH]cnc1CC1CCCc2ccc(C#N)nc21.[C-]#[N+]Cc1cc2c(cn1)CCC([C@H](c1nc[nH]c1C)C(F)(F)F)C2. The van der Waals surface area contributed by atoms with Gasteiger partial charge in [-0.15, -0.1) is 0 Å². The predicted molar refractivity (Wildman–Crippen MR) is 238 cm³/mol. The van der Waals surface area contributed by atoms with Crippen LogP contribution in [0.3, 0.4) is 0 Å². The topological polar surface area (TPSA) is 153 Å². The van der Waals surface area contributed by atoms with Crippen LogP contribution in [0.1, 0.15) is 142 Å². The molecular formula is C48H53BrF3N11. The third-order valence-corrected chi connectivity index (χ3v) is 13.6. The number of nitrogens with zero attached hydrogens (tertiary/aromatic N) is 8. The van der Waals surface area contributed by atoms with Crippen molar-refractivity contribution in [2.75, 3.05) is 0 Å². The monoisotopic (exact) mass is 919 g/mol. The fourth-order valence-electron chi connectivity index (χ4n) is 9.77. The van der Waals surface area contributed by atoms with Crippen molar-refractivity contribution in [1.82, 2.24) is 44.9 Å². The van der Waals surface area contributed by atoms with Gasteiger partial charge < -0.3 is 19.8 Å². The summed E-state index contributed by atoms with van der Waals surface area (Å²) in [5.41, 5.74) is 13.3. The molecule has 11 nitrogen and oxygen atoms in total. The minimum atomic E-state index is -4.34. The molecule has 328 valence electrons. The Labute approximate surface area is 375 Å². The van der Waals surface area contributed by atoms with Crippen molar-refractivity contribution in [2.24, 2.45) is 5.92 Å². The third kappa shape index (κ3) is 10.6. The molecule has 0 amide bonds. The number of alkyl halides is 4. The van der Waals surface area contributed by atoms with E-state index in [1.165, 1.54) is 41.0 Å². The van der Waals surface area contributed by atoms with Crippen molar-refractivity contribution < 1.29 is 13.2 Å². The Morgan fingerprint density at radius 3 is 2.32 bits per heavy atom. The molecule has 0 radical (unpaired) electrons. The van der Waals surface area contributed by atoms with Crippen LogP contribution in [0.25, 0.3) is 4.85 Å². The number of halogens is 4. The van der Waals surface area contributed by atoms with Crippen LogP contribution in [0.2, 0.25) is 0 Å². The quantitative estimate of drug-likeness (QED) is 0.101. The molecule has 6 atom stereocenters. The molecule has 0 spiro atoms. The molecular weight excluding hydrogens is 868 g/mol. The van der Waals surface area contributed by atoms with Crippen LogP contribution in [0.15, 0.2) is 61.7 Å². The number of aromatic nitrogens is 9. The van der Waals surface area contributed by atoms with Gasteiger partial charge in [0, 0.05) is 63.9 Å². The van der Waals surface area contributed by atoms with Crippen LogP contribution < -0.4 is 0 Å². The second-order valence-corrected chi connectivity index (χ2v) is 18.2. The number of aryl methyl sites for hydroxylation is 5. The zero-order valence-corrected chi connectivity index (χ0v) is 37.7. The van der Waals surface area contributed by atoms with Gasteiger partial charge in [0.15, 0.2) is 0 Å². The van der Waals surface area contributed by atoms with Gasteiger partial charge in [-0.25, -0.2) is 26.5 Å². The van der Waals surface area contributed by atoms with Crippen LogP contribution in [-0.2, 0) is 38.6 Å². The van der Waals surface area contributed by atoms with E-state index in [1.54, 1.807) is 25.5 Å². The molecule has 0 bridgehead atoms. The Balaban J connectivity index is 0.000000143. The zero-order valence-electron chi connectivity index (χ0n) is 36.1. The molecule has 3 aliphatic rings. The smallest absolute Gasteiger partial charge is 0.348 e. The van der Waals surface area contributed by atoms with Crippen molar-refractivity contribution in [3.8, 4) is 6.07 Å². The fraction of sp³-hybridized carbons (Fsp3) is 0.458. The molecule has 0 saturated carbocycles. The number of nitriles is 1. The fourth-order valence-corrected chi connectivity index (χ4v) is 10.5. The van der Waals surface area contributed by atoms with Crippen LogP contribution in [0.5, 0.6) is 0 Å². The highest BCUT2D eigenvalue weighted by molar-refractivity contribution is 9.09. The summed E-state index contributed by atoms with van der Waals surface area (Å²) in [6, 6.07) is 12.1. The first-order valence-corrected chi connectivity index (χ1v) is 22.6. The first-order chi connectivity index (χ1) is 30.4. The van der Waals surface area contributed by atoms with E-state index in [1.807, 2.05) is 25.5 Å². The van der Waals surface area contributed by atoms with Gasteiger partial charge in [0.1, 0.15) is 23.4 Å². The molecule has 6 heterocycles. The molecule has 6 aromatic heterocycles. The summed E-state index contributed by atoms with van der Waals surface area (Å²) in [6.07, 6.45) is 13.1. The number of aromatic amines is 3. The summed E-state index contributed by atoms with van der Waals surface area (Å²) < 4.78 is 41.2. The minimum absolute atomic E-state index is 0.0892. The average molecular weight is 921 g/mol. The lowest BCUT2D eigenvalue weighted by molar-refractivity contribution is -0.164. The van der Waals surface area contributed by atoms with Gasteiger partial charge in [-0.1, -0.05) is 35.0 Å². The second-order valence-electron chi connectivity index (χ2n) is 16.9.